The average Bonchev–Trinajstić information content (AvgIpc) is 2.90. The van der Waals surface area contributed by atoms with Crippen molar-refractivity contribution in [3.63, 3.8) is 0 Å². The van der Waals surface area contributed by atoms with E-state index in [2.05, 4.69) is 4.72 Å². The number of aliphatic hydroxyl groups excluding tert-OH is 1. The Bertz CT molecular complexity index is 500. The SMILES string of the molecule is CC(Cc1ccco1)NS(=O)(=O)N1CCCCC1CO. The number of hydrogen-bond acceptors (Lipinski definition) is 4. The van der Waals surface area contributed by atoms with Crippen molar-refractivity contribution < 1.29 is 17.9 Å². The highest BCUT2D eigenvalue weighted by atomic mass is 32.2. The topological polar surface area (TPSA) is 82.8 Å². The van der Waals surface area contributed by atoms with E-state index in [1.54, 1.807) is 19.3 Å². The first-order chi connectivity index (χ1) is 9.53. The van der Waals surface area contributed by atoms with Crippen LogP contribution in [-0.4, -0.2) is 43.1 Å². The molecule has 1 aliphatic heterocycles. The van der Waals surface area contributed by atoms with Gasteiger partial charge in [-0.3, -0.25) is 0 Å². The van der Waals surface area contributed by atoms with Crippen LogP contribution in [0.25, 0.3) is 0 Å². The summed E-state index contributed by atoms with van der Waals surface area (Å²) in [7, 11) is -3.57. The van der Waals surface area contributed by atoms with Crippen molar-refractivity contribution in [3.05, 3.63) is 24.2 Å². The highest BCUT2D eigenvalue weighted by molar-refractivity contribution is 7.87. The second-order valence-electron chi connectivity index (χ2n) is 5.25. The lowest BCUT2D eigenvalue weighted by molar-refractivity contribution is 0.153. The van der Waals surface area contributed by atoms with Crippen LogP contribution in [0.1, 0.15) is 31.9 Å². The van der Waals surface area contributed by atoms with Crippen molar-refractivity contribution in [2.45, 2.75) is 44.7 Å². The summed E-state index contributed by atoms with van der Waals surface area (Å²) in [5, 5.41) is 9.32. The third-order valence-corrected chi connectivity index (χ3v) is 5.33. The number of furan rings is 1. The highest BCUT2D eigenvalue weighted by Gasteiger charge is 2.32. The molecule has 0 saturated carbocycles. The molecule has 1 aromatic heterocycles. The summed E-state index contributed by atoms with van der Waals surface area (Å²) in [5.41, 5.74) is 0. The Morgan fingerprint density at radius 2 is 2.35 bits per heavy atom. The summed E-state index contributed by atoms with van der Waals surface area (Å²) in [6.45, 7) is 2.14. The molecule has 1 saturated heterocycles. The fourth-order valence-corrected chi connectivity index (χ4v) is 4.23. The standard InChI is InChI=1S/C13H22N2O4S/c1-11(9-13-6-4-8-19-13)14-20(17,18)15-7-3-2-5-12(15)10-16/h4,6,8,11-12,14,16H,2-3,5,7,9-10H2,1H3. The smallest absolute Gasteiger partial charge is 0.280 e. The van der Waals surface area contributed by atoms with Crippen LogP contribution in [-0.2, 0) is 16.6 Å². The lowest BCUT2D eigenvalue weighted by Gasteiger charge is -2.34. The Labute approximate surface area is 120 Å². The molecule has 2 rings (SSSR count). The number of aliphatic hydroxyl groups is 1. The van der Waals surface area contributed by atoms with Gasteiger partial charge in [-0.05, 0) is 31.9 Å². The van der Waals surface area contributed by atoms with E-state index in [0.29, 0.717) is 19.4 Å². The zero-order chi connectivity index (χ0) is 14.6. The normalized spacial score (nSPS) is 22.8. The van der Waals surface area contributed by atoms with Crippen LogP contribution >= 0.6 is 0 Å². The molecule has 7 heteroatoms. The Balaban J connectivity index is 1.98. The van der Waals surface area contributed by atoms with Gasteiger partial charge in [0.1, 0.15) is 5.76 Å². The molecule has 2 unspecified atom stereocenters. The molecule has 1 aromatic rings. The van der Waals surface area contributed by atoms with E-state index in [4.69, 9.17) is 4.42 Å². The summed E-state index contributed by atoms with van der Waals surface area (Å²) < 4.78 is 34.0. The molecule has 114 valence electrons. The number of nitrogens with one attached hydrogen (secondary N) is 1. The minimum absolute atomic E-state index is 0.131. The third kappa shape index (κ3) is 3.82. The minimum Gasteiger partial charge on any atom is -0.469 e. The number of hydrogen-bond donors (Lipinski definition) is 2. The van der Waals surface area contributed by atoms with Gasteiger partial charge in [0.05, 0.1) is 12.9 Å². The van der Waals surface area contributed by atoms with E-state index in [9.17, 15) is 13.5 Å². The maximum atomic E-state index is 12.4. The molecule has 0 aromatic carbocycles. The monoisotopic (exact) mass is 302 g/mol. The number of piperidine rings is 1. The van der Waals surface area contributed by atoms with E-state index < -0.39 is 10.2 Å². The summed E-state index contributed by atoms with van der Waals surface area (Å²) in [6, 6.07) is 3.04. The highest BCUT2D eigenvalue weighted by Crippen LogP contribution is 2.19. The maximum absolute atomic E-state index is 12.4. The molecule has 0 bridgehead atoms. The molecule has 1 fully saturated rings. The quantitative estimate of drug-likeness (QED) is 0.817. The summed E-state index contributed by atoms with van der Waals surface area (Å²) in [6.07, 6.45) is 4.58. The lowest BCUT2D eigenvalue weighted by atomic mass is 10.1. The molecule has 0 radical (unpaired) electrons. The number of nitrogens with zero attached hydrogens (tertiary/aromatic N) is 1. The van der Waals surface area contributed by atoms with Crippen LogP contribution in [0.15, 0.2) is 22.8 Å². The first-order valence-electron chi connectivity index (χ1n) is 6.95. The van der Waals surface area contributed by atoms with Gasteiger partial charge in [0, 0.05) is 25.0 Å². The fraction of sp³-hybridized carbons (Fsp3) is 0.692. The van der Waals surface area contributed by atoms with Crippen LogP contribution in [0.5, 0.6) is 0 Å². The summed E-state index contributed by atoms with van der Waals surface area (Å²) in [5.74, 6) is 0.748. The zero-order valence-corrected chi connectivity index (χ0v) is 12.5. The van der Waals surface area contributed by atoms with Crippen LogP contribution in [0.4, 0.5) is 0 Å². The first-order valence-corrected chi connectivity index (χ1v) is 8.39. The van der Waals surface area contributed by atoms with Gasteiger partial charge in [-0.15, -0.1) is 0 Å². The van der Waals surface area contributed by atoms with Gasteiger partial charge >= 0.3 is 0 Å². The largest absolute Gasteiger partial charge is 0.469 e. The van der Waals surface area contributed by atoms with E-state index in [0.717, 1.165) is 18.6 Å². The van der Waals surface area contributed by atoms with Crippen molar-refractivity contribution in [1.82, 2.24) is 9.03 Å². The van der Waals surface area contributed by atoms with Crippen molar-refractivity contribution in [2.24, 2.45) is 0 Å². The van der Waals surface area contributed by atoms with Gasteiger partial charge in [-0.1, -0.05) is 6.42 Å². The summed E-state index contributed by atoms with van der Waals surface area (Å²) >= 11 is 0. The lowest BCUT2D eigenvalue weighted by Crippen LogP contribution is -2.52. The van der Waals surface area contributed by atoms with E-state index in [-0.39, 0.29) is 18.7 Å². The minimum atomic E-state index is -3.57. The molecule has 1 aliphatic rings. The van der Waals surface area contributed by atoms with Gasteiger partial charge < -0.3 is 9.52 Å². The fourth-order valence-electron chi connectivity index (χ4n) is 2.57. The van der Waals surface area contributed by atoms with E-state index in [1.165, 1.54) is 4.31 Å². The first kappa shape index (κ1) is 15.5. The predicted molar refractivity (Wildman–Crippen MR) is 75.4 cm³/mol. The van der Waals surface area contributed by atoms with Gasteiger partial charge in [0.2, 0.25) is 0 Å². The molecule has 20 heavy (non-hydrogen) atoms. The van der Waals surface area contributed by atoms with Crippen molar-refractivity contribution in [2.75, 3.05) is 13.2 Å². The van der Waals surface area contributed by atoms with Gasteiger partial charge in [0.25, 0.3) is 10.2 Å². The Kier molecular flexibility index (Phi) is 5.20. The zero-order valence-electron chi connectivity index (χ0n) is 11.7. The molecule has 2 heterocycles. The molecular formula is C13H22N2O4S. The molecule has 2 N–H and O–H groups in total. The Morgan fingerprint density at radius 3 is 3.00 bits per heavy atom. The second-order valence-corrected chi connectivity index (χ2v) is 6.91. The van der Waals surface area contributed by atoms with Gasteiger partial charge in [0.15, 0.2) is 0 Å². The molecular weight excluding hydrogens is 280 g/mol. The van der Waals surface area contributed by atoms with Gasteiger partial charge in [-0.25, -0.2) is 0 Å². The molecule has 6 nitrogen and oxygen atoms in total. The molecule has 0 spiro atoms. The predicted octanol–water partition coefficient (Wildman–Crippen LogP) is 0.892. The van der Waals surface area contributed by atoms with Gasteiger partial charge in [-0.2, -0.15) is 17.4 Å². The average molecular weight is 302 g/mol. The van der Waals surface area contributed by atoms with Crippen molar-refractivity contribution in [1.29, 1.82) is 0 Å². The molecule has 0 amide bonds. The van der Waals surface area contributed by atoms with Crippen molar-refractivity contribution in [3.8, 4) is 0 Å². The number of rotatable bonds is 6. The van der Waals surface area contributed by atoms with E-state index >= 15 is 0 Å². The van der Waals surface area contributed by atoms with Crippen LogP contribution in [0.2, 0.25) is 0 Å². The second kappa shape index (κ2) is 6.71. The molecule has 0 aliphatic carbocycles. The Morgan fingerprint density at radius 1 is 1.55 bits per heavy atom. The van der Waals surface area contributed by atoms with E-state index in [1.807, 2.05) is 6.07 Å². The Hall–Kier alpha value is -0.890. The van der Waals surface area contributed by atoms with Crippen LogP contribution in [0.3, 0.4) is 0 Å². The molecule has 2 atom stereocenters. The maximum Gasteiger partial charge on any atom is 0.280 e. The summed E-state index contributed by atoms with van der Waals surface area (Å²) in [4.78, 5) is 0. The van der Waals surface area contributed by atoms with Crippen molar-refractivity contribution >= 4 is 10.2 Å². The van der Waals surface area contributed by atoms with Crippen LogP contribution in [0, 0.1) is 0 Å². The van der Waals surface area contributed by atoms with Crippen LogP contribution < -0.4 is 4.72 Å². The third-order valence-electron chi connectivity index (χ3n) is 3.53.